The molecule has 1 aromatic carbocycles. The maximum atomic E-state index is 11.2. The van der Waals surface area contributed by atoms with Crippen LogP contribution in [0.25, 0.3) is 0 Å². The molecule has 0 amide bonds. The van der Waals surface area contributed by atoms with Gasteiger partial charge in [-0.05, 0) is 50.6 Å². The van der Waals surface area contributed by atoms with Crippen LogP contribution in [-0.2, 0) is 4.79 Å². The number of carbonyl (C=O) groups is 1. The topological polar surface area (TPSA) is 38.8 Å². The van der Waals surface area contributed by atoms with Gasteiger partial charge in [0.2, 0.25) is 0 Å². The fraction of sp³-hybridized carbons (Fsp3) is 0.562. The van der Waals surface area contributed by atoms with Gasteiger partial charge in [-0.25, -0.2) is 0 Å². The van der Waals surface area contributed by atoms with Crippen molar-refractivity contribution in [3.63, 3.8) is 0 Å². The number of rotatable bonds is 7. The Labute approximate surface area is 120 Å². The van der Waals surface area contributed by atoms with Crippen molar-refractivity contribution < 1.29 is 14.3 Å². The van der Waals surface area contributed by atoms with Gasteiger partial charge in [0, 0.05) is 19.0 Å². The van der Waals surface area contributed by atoms with E-state index in [1.807, 2.05) is 24.3 Å². The first-order valence-corrected chi connectivity index (χ1v) is 7.19. The minimum atomic E-state index is 0.276. The highest BCUT2D eigenvalue weighted by Gasteiger charge is 2.24. The second-order valence-electron chi connectivity index (χ2n) is 5.26. The van der Waals surface area contributed by atoms with E-state index in [2.05, 4.69) is 4.90 Å². The lowest BCUT2D eigenvalue weighted by atomic mass is 10.1. The van der Waals surface area contributed by atoms with Gasteiger partial charge in [0.1, 0.15) is 23.9 Å². The van der Waals surface area contributed by atoms with Gasteiger partial charge in [-0.2, -0.15) is 0 Å². The molecule has 1 aromatic rings. The first-order valence-electron chi connectivity index (χ1n) is 7.19. The van der Waals surface area contributed by atoms with Crippen LogP contribution < -0.4 is 9.47 Å². The average molecular weight is 277 g/mol. The average Bonchev–Trinajstić information content (AvgIpc) is 2.86. The number of likely N-dealkylation sites (tertiary alicyclic amines) is 1. The summed E-state index contributed by atoms with van der Waals surface area (Å²) >= 11 is 0. The monoisotopic (exact) mass is 277 g/mol. The molecule has 110 valence electrons. The van der Waals surface area contributed by atoms with Crippen LogP contribution in [0, 0.1) is 0 Å². The number of hydrogen-bond donors (Lipinski definition) is 0. The maximum absolute atomic E-state index is 11.2. The van der Waals surface area contributed by atoms with Crippen LogP contribution in [0.4, 0.5) is 0 Å². The molecule has 1 aliphatic rings. The third kappa shape index (κ3) is 4.23. The highest BCUT2D eigenvalue weighted by Crippen LogP contribution is 2.21. The Morgan fingerprint density at radius 2 is 2.00 bits per heavy atom. The van der Waals surface area contributed by atoms with Crippen LogP contribution in [0.15, 0.2) is 24.3 Å². The van der Waals surface area contributed by atoms with Crippen LogP contribution in [0.1, 0.15) is 26.2 Å². The number of ether oxygens (including phenoxy) is 2. The van der Waals surface area contributed by atoms with E-state index in [9.17, 15) is 4.79 Å². The molecule has 1 unspecified atom stereocenters. The van der Waals surface area contributed by atoms with Crippen molar-refractivity contribution in [2.75, 3.05) is 26.8 Å². The molecule has 0 N–H and O–H groups in total. The summed E-state index contributed by atoms with van der Waals surface area (Å²) in [6.45, 7) is 4.28. The van der Waals surface area contributed by atoms with Gasteiger partial charge in [-0.1, -0.05) is 0 Å². The molecule has 0 saturated carbocycles. The smallest absolute Gasteiger partial charge is 0.131 e. The molecular weight excluding hydrogens is 254 g/mol. The largest absolute Gasteiger partial charge is 0.497 e. The van der Waals surface area contributed by atoms with Gasteiger partial charge in [-0.15, -0.1) is 0 Å². The van der Waals surface area contributed by atoms with E-state index < -0.39 is 0 Å². The Hall–Kier alpha value is -1.55. The minimum Gasteiger partial charge on any atom is -0.497 e. The number of hydrogen-bond acceptors (Lipinski definition) is 4. The number of carbonyl (C=O) groups excluding carboxylic acids is 1. The lowest BCUT2D eigenvalue weighted by Gasteiger charge is -2.23. The van der Waals surface area contributed by atoms with Gasteiger partial charge in [0.15, 0.2) is 0 Å². The van der Waals surface area contributed by atoms with Crippen molar-refractivity contribution in [2.24, 2.45) is 0 Å². The zero-order chi connectivity index (χ0) is 14.4. The van der Waals surface area contributed by atoms with Gasteiger partial charge in [-0.3, -0.25) is 9.69 Å². The highest BCUT2D eigenvalue weighted by molar-refractivity contribution is 5.76. The van der Waals surface area contributed by atoms with Crippen molar-refractivity contribution in [2.45, 2.75) is 32.2 Å². The molecule has 0 radical (unpaired) electrons. The third-order valence-electron chi connectivity index (χ3n) is 3.73. The third-order valence-corrected chi connectivity index (χ3v) is 3.73. The molecule has 1 heterocycles. The minimum absolute atomic E-state index is 0.276. The zero-order valence-corrected chi connectivity index (χ0v) is 12.3. The second-order valence-corrected chi connectivity index (χ2v) is 5.26. The molecule has 4 heteroatoms. The molecular formula is C16H23NO3. The normalized spacial score (nSPS) is 19.0. The van der Waals surface area contributed by atoms with Crippen molar-refractivity contribution in [1.29, 1.82) is 0 Å². The van der Waals surface area contributed by atoms with E-state index in [0.717, 1.165) is 31.0 Å². The van der Waals surface area contributed by atoms with Crippen molar-refractivity contribution >= 4 is 5.78 Å². The molecule has 1 atom stereocenters. The predicted octanol–water partition coefficient (Wildman–Crippen LogP) is 2.52. The Bertz CT molecular complexity index is 430. The molecule has 0 spiro atoms. The molecule has 1 saturated heterocycles. The Balaban J connectivity index is 1.75. The van der Waals surface area contributed by atoms with E-state index in [1.165, 1.54) is 6.42 Å². The Kier molecular flexibility index (Phi) is 5.41. The summed E-state index contributed by atoms with van der Waals surface area (Å²) in [5.41, 5.74) is 0. The first kappa shape index (κ1) is 14.9. The summed E-state index contributed by atoms with van der Waals surface area (Å²) in [6, 6.07) is 8.02. The number of methoxy groups -OCH3 is 1. The van der Waals surface area contributed by atoms with E-state index in [4.69, 9.17) is 9.47 Å². The van der Waals surface area contributed by atoms with Crippen LogP contribution in [-0.4, -0.2) is 43.5 Å². The quantitative estimate of drug-likeness (QED) is 0.767. The van der Waals surface area contributed by atoms with Crippen LogP contribution in [0.2, 0.25) is 0 Å². The molecule has 0 aliphatic carbocycles. The van der Waals surface area contributed by atoms with Crippen molar-refractivity contribution in [3.05, 3.63) is 24.3 Å². The molecule has 1 aliphatic heterocycles. The number of Topliss-reactive ketones (excluding diaryl/α,β-unsaturated/α-hetero) is 1. The molecule has 0 bridgehead atoms. The van der Waals surface area contributed by atoms with Crippen LogP contribution in [0.3, 0.4) is 0 Å². The standard InChI is InChI=1S/C16H23NO3/c1-13(18)12-14-4-3-9-17(14)10-11-20-16-7-5-15(19-2)6-8-16/h5-8,14H,3-4,9-12H2,1-2H3. The summed E-state index contributed by atoms with van der Waals surface area (Å²) in [7, 11) is 1.65. The molecule has 4 nitrogen and oxygen atoms in total. The lowest BCUT2D eigenvalue weighted by Crippen LogP contribution is -2.34. The van der Waals surface area contributed by atoms with Crippen LogP contribution in [0.5, 0.6) is 11.5 Å². The predicted molar refractivity (Wildman–Crippen MR) is 78.4 cm³/mol. The summed E-state index contributed by atoms with van der Waals surface area (Å²) in [5, 5.41) is 0. The lowest BCUT2D eigenvalue weighted by molar-refractivity contribution is -0.118. The fourth-order valence-corrected chi connectivity index (χ4v) is 2.71. The first-order chi connectivity index (χ1) is 9.69. The van der Waals surface area contributed by atoms with Crippen molar-refractivity contribution in [1.82, 2.24) is 4.90 Å². The van der Waals surface area contributed by atoms with E-state index in [0.29, 0.717) is 19.1 Å². The van der Waals surface area contributed by atoms with E-state index >= 15 is 0 Å². The highest BCUT2D eigenvalue weighted by atomic mass is 16.5. The fourth-order valence-electron chi connectivity index (χ4n) is 2.71. The summed E-state index contributed by atoms with van der Waals surface area (Å²) < 4.78 is 10.8. The van der Waals surface area contributed by atoms with Gasteiger partial charge >= 0.3 is 0 Å². The van der Waals surface area contributed by atoms with Gasteiger partial charge < -0.3 is 9.47 Å². The SMILES string of the molecule is COc1ccc(OCCN2CCCC2CC(C)=O)cc1. The zero-order valence-electron chi connectivity index (χ0n) is 12.3. The van der Waals surface area contributed by atoms with Crippen LogP contribution >= 0.6 is 0 Å². The summed E-state index contributed by atoms with van der Waals surface area (Å²) in [4.78, 5) is 13.6. The number of ketones is 1. The van der Waals surface area contributed by atoms with Gasteiger partial charge in [0.25, 0.3) is 0 Å². The molecule has 20 heavy (non-hydrogen) atoms. The van der Waals surface area contributed by atoms with Gasteiger partial charge in [0.05, 0.1) is 7.11 Å². The second kappa shape index (κ2) is 7.29. The molecule has 2 rings (SSSR count). The number of benzene rings is 1. The van der Waals surface area contributed by atoms with E-state index in [1.54, 1.807) is 14.0 Å². The molecule has 1 fully saturated rings. The Morgan fingerprint density at radius 3 is 2.65 bits per heavy atom. The van der Waals surface area contributed by atoms with E-state index in [-0.39, 0.29) is 5.78 Å². The maximum Gasteiger partial charge on any atom is 0.131 e. The van der Waals surface area contributed by atoms with Crippen molar-refractivity contribution in [3.8, 4) is 11.5 Å². The Morgan fingerprint density at radius 1 is 1.30 bits per heavy atom. The molecule has 0 aromatic heterocycles. The number of nitrogens with zero attached hydrogens (tertiary/aromatic N) is 1. The summed E-state index contributed by atoms with van der Waals surface area (Å²) in [5.74, 6) is 1.96. The summed E-state index contributed by atoms with van der Waals surface area (Å²) in [6.07, 6.45) is 2.98.